The molecule has 0 radical (unpaired) electrons. The summed E-state index contributed by atoms with van der Waals surface area (Å²) in [5.41, 5.74) is 3.35. The van der Waals surface area contributed by atoms with E-state index in [1.165, 1.54) is 5.56 Å². The van der Waals surface area contributed by atoms with Gasteiger partial charge in [0.25, 0.3) is 5.91 Å². The number of hydrogen-bond acceptors (Lipinski definition) is 4. The molecule has 0 saturated heterocycles. The maximum absolute atomic E-state index is 12.7. The van der Waals surface area contributed by atoms with Gasteiger partial charge >= 0.3 is 0 Å². The standard InChI is InChI=1S/C24H25NO4/c1-4-28-23-15-19(24(26)25-20-7-5-6-8-21(20)27-3)13-14-22(23)29-16-18-11-9-17(2)10-12-18/h5-15H,4,16H2,1-3H3,(H,25,26). The van der Waals surface area contributed by atoms with Gasteiger partial charge < -0.3 is 19.5 Å². The third-order valence-corrected chi connectivity index (χ3v) is 4.38. The number of para-hydroxylation sites is 2. The number of hydrogen-bond donors (Lipinski definition) is 1. The maximum Gasteiger partial charge on any atom is 0.255 e. The summed E-state index contributed by atoms with van der Waals surface area (Å²) in [6, 6.07) is 20.6. The van der Waals surface area contributed by atoms with Crippen LogP contribution in [0.2, 0.25) is 0 Å². The first-order valence-corrected chi connectivity index (χ1v) is 9.50. The molecule has 0 aromatic heterocycles. The van der Waals surface area contributed by atoms with Crippen LogP contribution in [-0.4, -0.2) is 19.6 Å². The Morgan fingerprint density at radius 3 is 2.38 bits per heavy atom. The van der Waals surface area contributed by atoms with Crippen molar-refractivity contribution in [1.82, 2.24) is 0 Å². The summed E-state index contributed by atoms with van der Waals surface area (Å²) in [4.78, 5) is 12.7. The van der Waals surface area contributed by atoms with E-state index in [4.69, 9.17) is 14.2 Å². The van der Waals surface area contributed by atoms with Gasteiger partial charge in [-0.2, -0.15) is 0 Å². The van der Waals surface area contributed by atoms with Crippen LogP contribution in [0.3, 0.4) is 0 Å². The van der Waals surface area contributed by atoms with Crippen molar-refractivity contribution in [3.63, 3.8) is 0 Å². The van der Waals surface area contributed by atoms with E-state index in [0.29, 0.717) is 41.7 Å². The Morgan fingerprint density at radius 1 is 0.897 bits per heavy atom. The van der Waals surface area contributed by atoms with E-state index in [2.05, 4.69) is 5.32 Å². The van der Waals surface area contributed by atoms with Crippen molar-refractivity contribution in [2.24, 2.45) is 0 Å². The van der Waals surface area contributed by atoms with Crippen LogP contribution in [-0.2, 0) is 6.61 Å². The first kappa shape index (κ1) is 20.3. The predicted molar refractivity (Wildman–Crippen MR) is 114 cm³/mol. The topological polar surface area (TPSA) is 56.8 Å². The Morgan fingerprint density at radius 2 is 1.66 bits per heavy atom. The quantitative estimate of drug-likeness (QED) is 0.571. The van der Waals surface area contributed by atoms with Gasteiger partial charge in [0.05, 0.1) is 19.4 Å². The Balaban J connectivity index is 1.75. The lowest BCUT2D eigenvalue weighted by molar-refractivity contribution is 0.102. The monoisotopic (exact) mass is 391 g/mol. The number of benzene rings is 3. The summed E-state index contributed by atoms with van der Waals surface area (Å²) >= 11 is 0. The molecule has 0 aliphatic carbocycles. The molecule has 1 N–H and O–H groups in total. The van der Waals surface area contributed by atoms with Crippen molar-refractivity contribution in [3.05, 3.63) is 83.4 Å². The van der Waals surface area contributed by atoms with Crippen molar-refractivity contribution >= 4 is 11.6 Å². The van der Waals surface area contributed by atoms with E-state index >= 15 is 0 Å². The van der Waals surface area contributed by atoms with Gasteiger partial charge in [-0.25, -0.2) is 0 Å². The SMILES string of the molecule is CCOc1cc(C(=O)Nc2ccccc2OC)ccc1OCc1ccc(C)cc1. The lowest BCUT2D eigenvalue weighted by Crippen LogP contribution is -2.13. The van der Waals surface area contributed by atoms with Crippen molar-refractivity contribution in [2.45, 2.75) is 20.5 Å². The molecule has 1 amide bonds. The Labute approximate surface area is 171 Å². The Hall–Kier alpha value is -3.47. The molecule has 29 heavy (non-hydrogen) atoms. The summed E-state index contributed by atoms with van der Waals surface area (Å²) in [7, 11) is 1.57. The van der Waals surface area contributed by atoms with Crippen molar-refractivity contribution in [2.75, 3.05) is 19.0 Å². The zero-order valence-electron chi connectivity index (χ0n) is 16.9. The van der Waals surface area contributed by atoms with Gasteiger partial charge in [0.15, 0.2) is 11.5 Å². The van der Waals surface area contributed by atoms with Gasteiger partial charge in [0.2, 0.25) is 0 Å². The highest BCUT2D eigenvalue weighted by molar-refractivity contribution is 6.05. The van der Waals surface area contributed by atoms with E-state index < -0.39 is 0 Å². The van der Waals surface area contributed by atoms with Gasteiger partial charge in [-0.05, 0) is 49.7 Å². The van der Waals surface area contributed by atoms with Crippen LogP contribution in [0.5, 0.6) is 17.2 Å². The minimum atomic E-state index is -0.250. The summed E-state index contributed by atoms with van der Waals surface area (Å²) in [6.45, 7) is 4.84. The highest BCUT2D eigenvalue weighted by atomic mass is 16.5. The number of carbonyl (C=O) groups excluding carboxylic acids is 1. The van der Waals surface area contributed by atoms with Crippen LogP contribution in [0.4, 0.5) is 5.69 Å². The second-order valence-corrected chi connectivity index (χ2v) is 6.52. The van der Waals surface area contributed by atoms with Crippen molar-refractivity contribution < 1.29 is 19.0 Å². The molecule has 3 rings (SSSR count). The molecule has 150 valence electrons. The molecular weight excluding hydrogens is 366 g/mol. The third-order valence-electron chi connectivity index (χ3n) is 4.38. The van der Waals surface area contributed by atoms with E-state index in [0.717, 1.165) is 5.56 Å². The average molecular weight is 391 g/mol. The van der Waals surface area contributed by atoms with Crippen LogP contribution in [0.1, 0.15) is 28.4 Å². The lowest BCUT2D eigenvalue weighted by atomic mass is 10.1. The van der Waals surface area contributed by atoms with Gasteiger partial charge in [-0.15, -0.1) is 0 Å². The number of aryl methyl sites for hydroxylation is 1. The Kier molecular flexibility index (Phi) is 6.74. The minimum absolute atomic E-state index is 0.250. The molecule has 0 heterocycles. The summed E-state index contributed by atoms with van der Waals surface area (Å²) in [5.74, 6) is 1.48. The van der Waals surface area contributed by atoms with E-state index in [1.807, 2.05) is 50.2 Å². The smallest absolute Gasteiger partial charge is 0.255 e. The molecule has 5 nitrogen and oxygen atoms in total. The van der Waals surface area contributed by atoms with Gasteiger partial charge in [-0.1, -0.05) is 42.0 Å². The van der Waals surface area contributed by atoms with Crippen molar-refractivity contribution in [3.8, 4) is 17.2 Å². The molecule has 0 bridgehead atoms. The lowest BCUT2D eigenvalue weighted by Gasteiger charge is -2.14. The molecule has 0 fully saturated rings. The van der Waals surface area contributed by atoms with E-state index in [-0.39, 0.29) is 5.91 Å². The molecule has 3 aromatic rings. The predicted octanol–water partition coefficient (Wildman–Crippen LogP) is 5.23. The molecular formula is C24H25NO4. The van der Waals surface area contributed by atoms with Crippen LogP contribution < -0.4 is 19.5 Å². The third kappa shape index (κ3) is 5.29. The largest absolute Gasteiger partial charge is 0.495 e. The first-order valence-electron chi connectivity index (χ1n) is 9.50. The fourth-order valence-corrected chi connectivity index (χ4v) is 2.82. The van der Waals surface area contributed by atoms with Gasteiger partial charge in [0, 0.05) is 5.56 Å². The van der Waals surface area contributed by atoms with Crippen LogP contribution in [0.25, 0.3) is 0 Å². The summed E-state index contributed by atoms with van der Waals surface area (Å²) < 4.78 is 16.9. The van der Waals surface area contributed by atoms with Gasteiger partial charge in [0.1, 0.15) is 12.4 Å². The zero-order chi connectivity index (χ0) is 20.6. The van der Waals surface area contributed by atoms with E-state index in [9.17, 15) is 4.79 Å². The minimum Gasteiger partial charge on any atom is -0.495 e. The second-order valence-electron chi connectivity index (χ2n) is 6.52. The molecule has 0 spiro atoms. The number of rotatable bonds is 8. The number of amides is 1. The molecule has 0 unspecified atom stereocenters. The fourth-order valence-electron chi connectivity index (χ4n) is 2.82. The number of carbonyl (C=O) groups is 1. The first-order chi connectivity index (χ1) is 14.1. The van der Waals surface area contributed by atoms with E-state index in [1.54, 1.807) is 37.4 Å². The maximum atomic E-state index is 12.7. The number of ether oxygens (including phenoxy) is 3. The zero-order valence-corrected chi connectivity index (χ0v) is 16.9. The molecule has 0 aliphatic heterocycles. The fraction of sp³-hybridized carbons (Fsp3) is 0.208. The van der Waals surface area contributed by atoms with Crippen LogP contribution in [0, 0.1) is 6.92 Å². The van der Waals surface area contributed by atoms with Crippen molar-refractivity contribution in [1.29, 1.82) is 0 Å². The highest BCUT2D eigenvalue weighted by Crippen LogP contribution is 2.30. The summed E-state index contributed by atoms with van der Waals surface area (Å²) in [5, 5.41) is 2.87. The van der Waals surface area contributed by atoms with Crippen LogP contribution in [0.15, 0.2) is 66.7 Å². The second kappa shape index (κ2) is 9.64. The molecule has 0 saturated carbocycles. The molecule has 0 atom stereocenters. The number of methoxy groups -OCH3 is 1. The Bertz CT molecular complexity index is 967. The molecule has 5 heteroatoms. The molecule has 3 aromatic carbocycles. The van der Waals surface area contributed by atoms with Gasteiger partial charge in [-0.3, -0.25) is 4.79 Å². The van der Waals surface area contributed by atoms with Crippen LogP contribution >= 0.6 is 0 Å². The molecule has 0 aliphatic rings. The number of nitrogens with one attached hydrogen (secondary N) is 1. The number of anilines is 1. The average Bonchev–Trinajstić information content (AvgIpc) is 2.74. The normalized spacial score (nSPS) is 10.3. The summed E-state index contributed by atoms with van der Waals surface area (Å²) in [6.07, 6.45) is 0. The highest BCUT2D eigenvalue weighted by Gasteiger charge is 2.14.